The lowest BCUT2D eigenvalue weighted by Crippen LogP contribution is -2.52. The second-order valence-electron chi connectivity index (χ2n) is 8.05. The van der Waals surface area contributed by atoms with Crippen LogP contribution in [-0.2, 0) is 9.59 Å². The molecule has 1 aromatic heterocycles. The molecule has 9 heteroatoms. The van der Waals surface area contributed by atoms with Crippen LogP contribution in [0.25, 0.3) is 10.9 Å². The zero-order valence-electron chi connectivity index (χ0n) is 17.6. The Morgan fingerprint density at radius 1 is 0.968 bits per heavy atom. The van der Waals surface area contributed by atoms with Gasteiger partial charge in [0.1, 0.15) is 5.52 Å². The summed E-state index contributed by atoms with van der Waals surface area (Å²) < 4.78 is 5.82. The maximum Gasteiger partial charge on any atom is 0.260 e. The number of fused-ring (bicyclic) bond motifs is 1. The van der Waals surface area contributed by atoms with Crippen molar-refractivity contribution < 1.29 is 14.3 Å². The molecule has 0 atom stereocenters. The molecule has 166 valence electrons. The lowest BCUT2D eigenvalue weighted by Gasteiger charge is -2.35. The Kier molecular flexibility index (Phi) is 6.84. The van der Waals surface area contributed by atoms with Gasteiger partial charge in [0.25, 0.3) is 5.91 Å². The summed E-state index contributed by atoms with van der Waals surface area (Å²) in [5, 5.41) is 1.55. The quantitative estimate of drug-likeness (QED) is 0.680. The Hall–Kier alpha value is -2.09. The maximum atomic E-state index is 12.7. The molecule has 31 heavy (non-hydrogen) atoms. The molecule has 2 amide bonds. The number of aryl methyl sites for hydroxylation is 1. The minimum atomic E-state index is -0.126. The molecule has 0 saturated carbocycles. The van der Waals surface area contributed by atoms with Crippen LogP contribution in [0.4, 0.5) is 0 Å². The minimum absolute atomic E-state index is 0.114. The largest absolute Gasteiger partial charge is 0.480 e. The summed E-state index contributed by atoms with van der Waals surface area (Å²) >= 11 is 12.6. The number of benzene rings is 1. The van der Waals surface area contributed by atoms with E-state index >= 15 is 0 Å². The summed E-state index contributed by atoms with van der Waals surface area (Å²) in [6.45, 7) is 6.40. The third-order valence-corrected chi connectivity index (χ3v) is 6.45. The predicted octanol–water partition coefficient (Wildman–Crippen LogP) is 3.00. The lowest BCUT2D eigenvalue weighted by atomic mass is 10.2. The number of carbonyl (C=O) groups excluding carboxylic acids is 2. The van der Waals surface area contributed by atoms with Crippen molar-refractivity contribution >= 4 is 45.9 Å². The first-order valence-corrected chi connectivity index (χ1v) is 11.3. The maximum absolute atomic E-state index is 12.7. The average molecular weight is 465 g/mol. The number of nitrogens with zero attached hydrogens (tertiary/aromatic N) is 4. The van der Waals surface area contributed by atoms with Gasteiger partial charge in [0.15, 0.2) is 12.4 Å². The molecule has 0 spiro atoms. The van der Waals surface area contributed by atoms with Gasteiger partial charge in [0.05, 0.1) is 16.6 Å². The van der Waals surface area contributed by atoms with Crippen molar-refractivity contribution in [1.29, 1.82) is 0 Å². The van der Waals surface area contributed by atoms with Gasteiger partial charge in [0, 0.05) is 50.3 Å². The third kappa shape index (κ3) is 5.05. The summed E-state index contributed by atoms with van der Waals surface area (Å²) in [6.07, 6.45) is 2.19. The van der Waals surface area contributed by atoms with Gasteiger partial charge in [-0.15, -0.1) is 0 Å². The first-order chi connectivity index (χ1) is 14.9. The van der Waals surface area contributed by atoms with E-state index in [1.165, 1.54) is 0 Å². The summed E-state index contributed by atoms with van der Waals surface area (Å²) in [7, 11) is 0. The number of carbonyl (C=O) groups is 2. The van der Waals surface area contributed by atoms with Crippen molar-refractivity contribution in [3.63, 3.8) is 0 Å². The number of aromatic nitrogens is 1. The van der Waals surface area contributed by atoms with Crippen LogP contribution in [0.3, 0.4) is 0 Å². The van der Waals surface area contributed by atoms with E-state index in [0.29, 0.717) is 54.0 Å². The Balaban J connectivity index is 1.33. The molecule has 2 aromatic rings. The Bertz CT molecular complexity index is 986. The molecule has 0 radical (unpaired) electrons. The number of hydrogen-bond donors (Lipinski definition) is 0. The summed E-state index contributed by atoms with van der Waals surface area (Å²) in [5.41, 5.74) is 1.36. The topological polar surface area (TPSA) is 66.0 Å². The Morgan fingerprint density at radius 2 is 1.65 bits per heavy atom. The van der Waals surface area contributed by atoms with Crippen molar-refractivity contribution in [3.05, 3.63) is 33.9 Å². The monoisotopic (exact) mass is 464 g/mol. The fraction of sp³-hybridized carbons (Fsp3) is 0.500. The van der Waals surface area contributed by atoms with Gasteiger partial charge in [-0.2, -0.15) is 0 Å². The molecule has 0 aliphatic carbocycles. The molecule has 0 N–H and O–H groups in total. The first kappa shape index (κ1) is 22.1. The van der Waals surface area contributed by atoms with E-state index < -0.39 is 0 Å². The molecule has 2 aliphatic heterocycles. The fourth-order valence-electron chi connectivity index (χ4n) is 4.07. The smallest absolute Gasteiger partial charge is 0.260 e. The summed E-state index contributed by atoms with van der Waals surface area (Å²) in [5.74, 6) is 0.443. The van der Waals surface area contributed by atoms with Crippen molar-refractivity contribution in [3.8, 4) is 5.75 Å². The fourth-order valence-corrected chi connectivity index (χ4v) is 4.64. The van der Waals surface area contributed by atoms with Crippen molar-refractivity contribution in [2.75, 3.05) is 52.4 Å². The Labute approximate surface area is 191 Å². The van der Waals surface area contributed by atoms with Gasteiger partial charge in [-0.05, 0) is 38.0 Å². The highest BCUT2D eigenvalue weighted by atomic mass is 35.5. The number of likely N-dealkylation sites (tertiary alicyclic amines) is 1. The van der Waals surface area contributed by atoms with Crippen molar-refractivity contribution in [2.45, 2.75) is 19.8 Å². The standard InChI is InChI=1S/C22H26Cl2N4O3/c1-15-4-5-16-17(23)12-18(24)22(21(16)25-15)31-14-20(30)28-10-8-26(9-11-28)13-19(29)27-6-2-3-7-27/h4-5,12H,2-3,6-11,13-14H2,1H3. The van der Waals surface area contributed by atoms with Crippen LogP contribution < -0.4 is 4.74 Å². The number of pyridine rings is 1. The zero-order valence-corrected chi connectivity index (χ0v) is 19.1. The highest BCUT2D eigenvalue weighted by Gasteiger charge is 2.26. The van der Waals surface area contributed by atoms with E-state index in [1.807, 2.05) is 24.0 Å². The van der Waals surface area contributed by atoms with Crippen LogP contribution in [0.15, 0.2) is 18.2 Å². The second-order valence-corrected chi connectivity index (χ2v) is 8.87. The van der Waals surface area contributed by atoms with Gasteiger partial charge in [-0.1, -0.05) is 23.2 Å². The van der Waals surface area contributed by atoms with Gasteiger partial charge < -0.3 is 14.5 Å². The van der Waals surface area contributed by atoms with E-state index in [-0.39, 0.29) is 18.4 Å². The highest BCUT2D eigenvalue weighted by molar-refractivity contribution is 6.39. The number of hydrogen-bond acceptors (Lipinski definition) is 5. The van der Waals surface area contributed by atoms with E-state index in [0.717, 1.165) is 37.0 Å². The van der Waals surface area contributed by atoms with Crippen LogP contribution in [-0.4, -0.2) is 83.9 Å². The Morgan fingerprint density at radius 3 is 2.35 bits per heavy atom. The molecular weight excluding hydrogens is 439 g/mol. The number of amides is 2. The van der Waals surface area contributed by atoms with Gasteiger partial charge in [-0.3, -0.25) is 14.5 Å². The first-order valence-electron chi connectivity index (χ1n) is 10.6. The molecule has 2 aliphatic rings. The molecule has 0 unspecified atom stereocenters. The van der Waals surface area contributed by atoms with E-state index in [1.54, 1.807) is 11.0 Å². The van der Waals surface area contributed by atoms with Gasteiger partial charge >= 0.3 is 0 Å². The van der Waals surface area contributed by atoms with Gasteiger partial charge in [-0.25, -0.2) is 4.98 Å². The minimum Gasteiger partial charge on any atom is -0.480 e. The van der Waals surface area contributed by atoms with Crippen molar-refractivity contribution in [2.24, 2.45) is 0 Å². The molecule has 4 rings (SSSR count). The molecule has 0 bridgehead atoms. The van der Waals surface area contributed by atoms with Crippen LogP contribution in [0.5, 0.6) is 5.75 Å². The SMILES string of the molecule is Cc1ccc2c(Cl)cc(Cl)c(OCC(=O)N3CCN(CC(=O)N4CCCC4)CC3)c2n1. The molecule has 2 fully saturated rings. The second kappa shape index (κ2) is 9.59. The molecule has 2 saturated heterocycles. The highest BCUT2D eigenvalue weighted by Crippen LogP contribution is 2.37. The van der Waals surface area contributed by atoms with E-state index in [9.17, 15) is 9.59 Å². The average Bonchev–Trinajstić information content (AvgIpc) is 3.29. The number of rotatable bonds is 5. The molecule has 7 nitrogen and oxygen atoms in total. The van der Waals surface area contributed by atoms with E-state index in [4.69, 9.17) is 27.9 Å². The molecular formula is C22H26Cl2N4O3. The molecule has 3 heterocycles. The van der Waals surface area contributed by atoms with Crippen LogP contribution >= 0.6 is 23.2 Å². The number of ether oxygens (including phenoxy) is 1. The zero-order chi connectivity index (χ0) is 22.0. The molecule has 1 aromatic carbocycles. The predicted molar refractivity (Wildman–Crippen MR) is 121 cm³/mol. The normalized spacial score (nSPS) is 17.4. The van der Waals surface area contributed by atoms with Gasteiger partial charge in [0.2, 0.25) is 5.91 Å². The van der Waals surface area contributed by atoms with Crippen molar-refractivity contribution in [1.82, 2.24) is 19.7 Å². The summed E-state index contributed by atoms with van der Waals surface area (Å²) in [6, 6.07) is 5.34. The number of piperazine rings is 1. The van der Waals surface area contributed by atoms with Crippen LogP contribution in [0, 0.1) is 6.92 Å². The van der Waals surface area contributed by atoms with Crippen LogP contribution in [0.1, 0.15) is 18.5 Å². The lowest BCUT2D eigenvalue weighted by molar-refractivity contribution is -0.136. The van der Waals surface area contributed by atoms with Crippen LogP contribution in [0.2, 0.25) is 10.0 Å². The third-order valence-electron chi connectivity index (χ3n) is 5.86. The summed E-state index contributed by atoms with van der Waals surface area (Å²) in [4.78, 5) is 35.3. The number of halogens is 2. The van der Waals surface area contributed by atoms with E-state index in [2.05, 4.69) is 9.88 Å².